The maximum Gasteiger partial charge on any atom is 2.00 e. The van der Waals surface area contributed by atoms with E-state index in [4.69, 9.17) is 4.74 Å². The summed E-state index contributed by atoms with van der Waals surface area (Å²) < 4.78 is 6.32. The van der Waals surface area contributed by atoms with E-state index in [0.717, 1.165) is 16.8 Å². The van der Waals surface area contributed by atoms with Crippen LogP contribution in [0.4, 0.5) is 0 Å². The van der Waals surface area contributed by atoms with Crippen molar-refractivity contribution in [2.45, 2.75) is 6.92 Å². The van der Waals surface area contributed by atoms with Gasteiger partial charge < -0.3 is 12.9 Å². The number of halogens is 1. The van der Waals surface area contributed by atoms with Gasteiger partial charge in [0.05, 0.1) is 6.61 Å². The molecule has 14 heavy (non-hydrogen) atoms. The number of hydrogen-bond donors (Lipinski definition) is 1. The van der Waals surface area contributed by atoms with E-state index in [1.807, 2.05) is 45.3 Å². The molecule has 4 heteroatoms. The van der Waals surface area contributed by atoms with Crippen molar-refractivity contribution < 1.29 is 7.59 Å². The van der Waals surface area contributed by atoms with Gasteiger partial charge in [0.1, 0.15) is 5.75 Å². The molecule has 0 saturated carbocycles. The molecule has 0 saturated heterocycles. The van der Waals surface area contributed by atoms with Crippen molar-refractivity contribution in [3.05, 3.63) is 28.7 Å². The second-order valence-corrected chi connectivity index (χ2v) is 3.30. The first-order valence-electron chi connectivity index (χ1n) is 4.21. The van der Waals surface area contributed by atoms with Crippen LogP contribution in [0.5, 0.6) is 5.75 Å². The molecule has 0 heterocycles. The molecule has 0 aromatic heterocycles. The molecule has 1 N–H and O–H groups in total. The van der Waals surface area contributed by atoms with Crippen LogP contribution in [0.2, 0.25) is 0 Å². The summed E-state index contributed by atoms with van der Waals surface area (Å²) in [5.41, 5.74) is 0. The van der Waals surface area contributed by atoms with Crippen molar-refractivity contribution in [3.8, 4) is 5.75 Å². The van der Waals surface area contributed by atoms with Crippen LogP contribution in [-0.2, 0) is 0 Å². The third-order valence-electron chi connectivity index (χ3n) is 1.12. The Morgan fingerprint density at radius 1 is 1.29 bits per heavy atom. The zero-order chi connectivity index (χ0) is 10.1. The van der Waals surface area contributed by atoms with Crippen molar-refractivity contribution >= 4 is 39.0 Å². The maximum absolute atomic E-state index is 5.24. The fourth-order valence-electron chi connectivity index (χ4n) is 0.697. The molecule has 0 aliphatic heterocycles. The number of ether oxygens (including phenoxy) is 1. The standard InChI is InChI=1S/C8H9BrO.C2H7N.Mg.2H/c1-2-10-8-5-3-7(9)4-6-8;1-3-2;;;/h3-6H,2H2,1H3;3H,1-2H3;;;/q;;+2;2*-1. The first-order chi connectivity index (χ1) is 6.24. The Morgan fingerprint density at radius 2 is 1.71 bits per heavy atom. The predicted octanol–water partition coefficient (Wildman–Crippen LogP) is 2.53. The van der Waals surface area contributed by atoms with Gasteiger partial charge in [-0.2, -0.15) is 0 Å². The van der Waals surface area contributed by atoms with Gasteiger partial charge in [0.2, 0.25) is 0 Å². The number of benzene rings is 1. The van der Waals surface area contributed by atoms with Crippen molar-refractivity contribution in [2.24, 2.45) is 0 Å². The summed E-state index contributed by atoms with van der Waals surface area (Å²) in [6, 6.07) is 7.80. The van der Waals surface area contributed by atoms with Crippen LogP contribution in [0, 0.1) is 0 Å². The van der Waals surface area contributed by atoms with E-state index in [9.17, 15) is 0 Å². The number of hydrogen-bond acceptors (Lipinski definition) is 2. The van der Waals surface area contributed by atoms with Crippen molar-refractivity contribution in [3.63, 3.8) is 0 Å². The van der Waals surface area contributed by atoms with Gasteiger partial charge in [-0.15, -0.1) is 0 Å². The van der Waals surface area contributed by atoms with Crippen LogP contribution in [0.3, 0.4) is 0 Å². The number of nitrogens with one attached hydrogen (secondary N) is 1. The van der Waals surface area contributed by atoms with Gasteiger partial charge in [-0.1, -0.05) is 15.9 Å². The average Bonchev–Trinajstić information content (AvgIpc) is 2.11. The molecule has 0 atom stereocenters. The topological polar surface area (TPSA) is 21.3 Å². The van der Waals surface area contributed by atoms with E-state index in [2.05, 4.69) is 21.2 Å². The number of rotatable bonds is 2. The molecule has 78 valence electrons. The molecule has 1 aromatic carbocycles. The van der Waals surface area contributed by atoms with E-state index in [1.54, 1.807) is 0 Å². The Morgan fingerprint density at radius 3 is 2.07 bits per heavy atom. The van der Waals surface area contributed by atoms with Gasteiger partial charge in [0, 0.05) is 4.47 Å². The van der Waals surface area contributed by atoms with E-state index in [1.165, 1.54) is 0 Å². The Balaban J connectivity index is -0.000000109. The van der Waals surface area contributed by atoms with Gasteiger partial charge in [0.25, 0.3) is 0 Å². The molecule has 1 aromatic rings. The molecular formula is C10H18BrMgNO. The monoisotopic (exact) mass is 271 g/mol. The first-order valence-corrected chi connectivity index (χ1v) is 5.00. The molecule has 2 nitrogen and oxygen atoms in total. The molecule has 0 aliphatic rings. The summed E-state index contributed by atoms with van der Waals surface area (Å²) in [6.07, 6.45) is 0. The molecular weight excluding hydrogens is 254 g/mol. The summed E-state index contributed by atoms with van der Waals surface area (Å²) in [7, 11) is 3.75. The van der Waals surface area contributed by atoms with Crippen LogP contribution in [0.15, 0.2) is 28.7 Å². The normalized spacial score (nSPS) is 8.00. The zero-order valence-corrected chi connectivity index (χ0v) is 12.0. The van der Waals surface area contributed by atoms with Crippen molar-refractivity contribution in [2.75, 3.05) is 20.7 Å². The van der Waals surface area contributed by atoms with Crippen LogP contribution >= 0.6 is 15.9 Å². The van der Waals surface area contributed by atoms with E-state index in [-0.39, 0.29) is 25.9 Å². The van der Waals surface area contributed by atoms with Gasteiger partial charge in [-0.3, -0.25) is 0 Å². The molecule has 0 radical (unpaired) electrons. The zero-order valence-electron chi connectivity index (χ0n) is 11.0. The summed E-state index contributed by atoms with van der Waals surface area (Å²) >= 11 is 3.34. The van der Waals surface area contributed by atoms with Gasteiger partial charge in [-0.25, -0.2) is 0 Å². The summed E-state index contributed by atoms with van der Waals surface area (Å²) in [5, 5.41) is 2.75. The molecule has 0 bridgehead atoms. The third-order valence-corrected chi connectivity index (χ3v) is 1.65. The van der Waals surface area contributed by atoms with Gasteiger partial charge in [0.15, 0.2) is 0 Å². The third kappa shape index (κ3) is 8.81. The Bertz CT molecular complexity index is 225. The Labute approximate surface area is 114 Å². The Kier molecular flexibility index (Phi) is 13.4. The minimum Gasteiger partial charge on any atom is -1.00 e. The first kappa shape index (κ1) is 16.6. The fraction of sp³-hybridized carbons (Fsp3) is 0.400. The van der Waals surface area contributed by atoms with Crippen molar-refractivity contribution in [1.82, 2.24) is 5.32 Å². The quantitative estimate of drug-likeness (QED) is 0.835. The predicted molar refractivity (Wildman–Crippen MR) is 68.3 cm³/mol. The molecule has 0 aliphatic carbocycles. The molecule has 0 unspecified atom stereocenters. The molecule has 0 amide bonds. The summed E-state index contributed by atoms with van der Waals surface area (Å²) in [5.74, 6) is 0.922. The Hall–Kier alpha value is 0.226. The average molecular weight is 272 g/mol. The molecule has 0 fully saturated rings. The molecule has 0 spiro atoms. The summed E-state index contributed by atoms with van der Waals surface area (Å²) in [4.78, 5) is 0. The minimum atomic E-state index is 0. The van der Waals surface area contributed by atoms with Gasteiger partial charge >= 0.3 is 23.1 Å². The smallest absolute Gasteiger partial charge is 1.00 e. The van der Waals surface area contributed by atoms with E-state index >= 15 is 0 Å². The fourth-order valence-corrected chi connectivity index (χ4v) is 0.962. The molecule has 1 rings (SSSR count). The van der Waals surface area contributed by atoms with Crippen LogP contribution in [-0.4, -0.2) is 43.8 Å². The summed E-state index contributed by atoms with van der Waals surface area (Å²) in [6.45, 7) is 2.70. The minimum absolute atomic E-state index is 0. The maximum atomic E-state index is 5.24. The van der Waals surface area contributed by atoms with Crippen LogP contribution in [0.1, 0.15) is 9.78 Å². The van der Waals surface area contributed by atoms with Crippen molar-refractivity contribution in [1.29, 1.82) is 0 Å². The van der Waals surface area contributed by atoms with Crippen LogP contribution in [0.25, 0.3) is 0 Å². The second kappa shape index (κ2) is 11.3. The van der Waals surface area contributed by atoms with Gasteiger partial charge in [-0.05, 0) is 45.3 Å². The largest absolute Gasteiger partial charge is 2.00 e. The SMILES string of the molecule is CCOc1ccc(Br)cc1.CNC.[H-].[H-].[Mg+2]. The second-order valence-electron chi connectivity index (χ2n) is 2.39. The van der Waals surface area contributed by atoms with Crippen LogP contribution < -0.4 is 10.1 Å². The van der Waals surface area contributed by atoms with E-state index < -0.39 is 0 Å². The van der Waals surface area contributed by atoms with E-state index in [0.29, 0.717) is 0 Å².